The van der Waals surface area contributed by atoms with E-state index < -0.39 is 29.8 Å². The third kappa shape index (κ3) is 3.12. The Morgan fingerprint density at radius 1 is 1.47 bits per heavy atom. The molecule has 1 atom stereocenters. The number of hydrogen-bond acceptors (Lipinski definition) is 5. The van der Waals surface area contributed by atoms with Crippen molar-refractivity contribution in [1.82, 2.24) is 5.32 Å². The second kappa shape index (κ2) is 3.76. The van der Waals surface area contributed by atoms with Crippen LogP contribution in [0.15, 0.2) is 0 Å². The van der Waals surface area contributed by atoms with Crippen LogP contribution in [0.5, 0.6) is 0 Å². The number of carbonyl (C=O) groups is 3. The van der Waals surface area contributed by atoms with E-state index in [0.29, 0.717) is 0 Å². The van der Waals surface area contributed by atoms with Crippen LogP contribution in [0.25, 0.3) is 0 Å². The molecular weight excluding hydrogens is 204 g/mol. The standard InChI is InChI=1S/C8H12N2O5/c1-8(2)14-6(12)4(3-5(9)11)10-7(13)15-8/h4H,3H2,1-2H3,(H2,9,11)(H,10,13)/t4-/m1/s1. The highest BCUT2D eigenvalue weighted by atomic mass is 16.7. The molecule has 1 fully saturated rings. The molecule has 0 aromatic heterocycles. The molecule has 15 heavy (non-hydrogen) atoms. The van der Waals surface area contributed by atoms with Gasteiger partial charge in [-0.1, -0.05) is 0 Å². The minimum atomic E-state index is -1.34. The molecule has 0 bridgehead atoms. The van der Waals surface area contributed by atoms with Gasteiger partial charge in [0.25, 0.3) is 5.79 Å². The lowest BCUT2D eigenvalue weighted by atomic mass is 10.2. The number of esters is 1. The Kier molecular flexibility index (Phi) is 2.83. The van der Waals surface area contributed by atoms with E-state index in [4.69, 9.17) is 15.2 Å². The fraction of sp³-hybridized carbons (Fsp3) is 0.625. The maximum atomic E-state index is 11.4. The van der Waals surface area contributed by atoms with Gasteiger partial charge in [0, 0.05) is 13.8 Å². The molecule has 0 unspecified atom stereocenters. The molecule has 84 valence electrons. The van der Waals surface area contributed by atoms with E-state index in [1.54, 1.807) is 0 Å². The highest BCUT2D eigenvalue weighted by Crippen LogP contribution is 2.16. The first-order valence-electron chi connectivity index (χ1n) is 4.31. The predicted octanol–water partition coefficient (Wildman–Crippen LogP) is -0.750. The molecule has 7 heteroatoms. The van der Waals surface area contributed by atoms with Gasteiger partial charge in [0.05, 0.1) is 6.42 Å². The van der Waals surface area contributed by atoms with Crippen LogP contribution < -0.4 is 11.1 Å². The number of primary amides is 1. The second-order valence-electron chi connectivity index (χ2n) is 3.58. The zero-order valence-electron chi connectivity index (χ0n) is 8.40. The van der Waals surface area contributed by atoms with Crippen molar-refractivity contribution in [2.75, 3.05) is 0 Å². The summed E-state index contributed by atoms with van der Waals surface area (Å²) in [5, 5.41) is 2.18. The lowest BCUT2D eigenvalue weighted by molar-refractivity contribution is -0.190. The molecule has 2 amide bonds. The van der Waals surface area contributed by atoms with E-state index in [0.717, 1.165) is 0 Å². The molecule has 7 nitrogen and oxygen atoms in total. The first-order chi connectivity index (χ1) is 6.80. The summed E-state index contributed by atoms with van der Waals surface area (Å²) in [5.74, 6) is -2.80. The number of rotatable bonds is 2. The molecule has 1 saturated heterocycles. The summed E-state index contributed by atoms with van der Waals surface area (Å²) in [6.45, 7) is 2.83. The number of carbonyl (C=O) groups excluding carboxylic acids is 3. The normalized spacial score (nSPS) is 24.5. The topological polar surface area (TPSA) is 108 Å². The highest BCUT2D eigenvalue weighted by molar-refractivity contribution is 5.88. The maximum absolute atomic E-state index is 11.4. The largest absolute Gasteiger partial charge is 0.421 e. The van der Waals surface area contributed by atoms with Crippen molar-refractivity contribution in [3.8, 4) is 0 Å². The smallest absolute Gasteiger partial charge is 0.411 e. The Morgan fingerprint density at radius 3 is 2.60 bits per heavy atom. The monoisotopic (exact) mass is 216 g/mol. The number of amides is 2. The van der Waals surface area contributed by atoms with Gasteiger partial charge in [0.15, 0.2) is 0 Å². The Bertz CT molecular complexity index is 312. The van der Waals surface area contributed by atoms with Crippen LogP contribution in [0.3, 0.4) is 0 Å². The Balaban J connectivity index is 2.79. The van der Waals surface area contributed by atoms with Gasteiger partial charge in [-0.3, -0.25) is 4.79 Å². The molecule has 0 aromatic rings. The summed E-state index contributed by atoms with van der Waals surface area (Å²) in [4.78, 5) is 33.1. The summed E-state index contributed by atoms with van der Waals surface area (Å²) in [7, 11) is 0. The van der Waals surface area contributed by atoms with Gasteiger partial charge in [-0.25, -0.2) is 9.59 Å². The van der Waals surface area contributed by atoms with Gasteiger partial charge < -0.3 is 20.5 Å². The van der Waals surface area contributed by atoms with Crippen LogP contribution in [0, 0.1) is 0 Å². The molecule has 0 aromatic carbocycles. The third-order valence-electron chi connectivity index (χ3n) is 1.67. The molecule has 0 radical (unpaired) electrons. The third-order valence-corrected chi connectivity index (χ3v) is 1.67. The molecule has 0 aliphatic carbocycles. The fourth-order valence-electron chi connectivity index (χ4n) is 1.12. The summed E-state index contributed by atoms with van der Waals surface area (Å²) in [5.41, 5.74) is 4.91. The maximum Gasteiger partial charge on any atom is 0.411 e. The number of nitrogens with two attached hydrogens (primary N) is 1. The van der Waals surface area contributed by atoms with Crippen molar-refractivity contribution in [3.63, 3.8) is 0 Å². The van der Waals surface area contributed by atoms with E-state index >= 15 is 0 Å². The summed E-state index contributed by atoms with van der Waals surface area (Å²) < 4.78 is 9.57. The molecule has 1 rings (SSSR count). The van der Waals surface area contributed by atoms with Gasteiger partial charge >= 0.3 is 12.1 Å². The number of alkyl carbamates (subject to hydrolysis) is 1. The van der Waals surface area contributed by atoms with Crippen molar-refractivity contribution in [1.29, 1.82) is 0 Å². The molecule has 0 saturated carbocycles. The molecular formula is C8H12N2O5. The van der Waals surface area contributed by atoms with Crippen molar-refractivity contribution in [2.24, 2.45) is 5.73 Å². The van der Waals surface area contributed by atoms with E-state index in [9.17, 15) is 14.4 Å². The number of hydrogen-bond donors (Lipinski definition) is 2. The first-order valence-corrected chi connectivity index (χ1v) is 4.31. The Morgan fingerprint density at radius 2 is 2.07 bits per heavy atom. The van der Waals surface area contributed by atoms with Crippen LogP contribution in [0.1, 0.15) is 20.3 Å². The average Bonchev–Trinajstić information content (AvgIpc) is 2.06. The van der Waals surface area contributed by atoms with Crippen LogP contribution in [-0.2, 0) is 19.1 Å². The fourth-order valence-corrected chi connectivity index (χ4v) is 1.12. The minimum Gasteiger partial charge on any atom is -0.421 e. The van der Waals surface area contributed by atoms with Crippen molar-refractivity contribution >= 4 is 18.0 Å². The quantitative estimate of drug-likeness (QED) is 0.590. The Labute approximate surface area is 85.9 Å². The van der Waals surface area contributed by atoms with Crippen LogP contribution in [0.4, 0.5) is 4.79 Å². The van der Waals surface area contributed by atoms with E-state index in [1.807, 2.05) is 0 Å². The van der Waals surface area contributed by atoms with Gasteiger partial charge in [-0.05, 0) is 0 Å². The Hall–Kier alpha value is -1.79. The van der Waals surface area contributed by atoms with E-state index in [2.05, 4.69) is 5.32 Å². The molecule has 1 heterocycles. The minimum absolute atomic E-state index is 0.315. The summed E-state index contributed by atoms with van der Waals surface area (Å²) in [6, 6.07) is -1.09. The number of ether oxygens (including phenoxy) is 2. The predicted molar refractivity (Wildman–Crippen MR) is 47.4 cm³/mol. The zero-order valence-corrected chi connectivity index (χ0v) is 8.40. The highest BCUT2D eigenvalue weighted by Gasteiger charge is 2.37. The van der Waals surface area contributed by atoms with Gasteiger partial charge in [-0.2, -0.15) is 0 Å². The lowest BCUT2D eigenvalue weighted by Crippen LogP contribution is -2.41. The van der Waals surface area contributed by atoms with Crippen molar-refractivity contribution < 1.29 is 23.9 Å². The zero-order chi connectivity index (χ0) is 11.6. The number of cyclic esters (lactones) is 2. The van der Waals surface area contributed by atoms with Crippen molar-refractivity contribution in [3.05, 3.63) is 0 Å². The van der Waals surface area contributed by atoms with Crippen LogP contribution >= 0.6 is 0 Å². The molecule has 1 aliphatic rings. The van der Waals surface area contributed by atoms with E-state index in [1.165, 1.54) is 13.8 Å². The van der Waals surface area contributed by atoms with Gasteiger partial charge in [0.1, 0.15) is 6.04 Å². The van der Waals surface area contributed by atoms with E-state index in [-0.39, 0.29) is 6.42 Å². The lowest BCUT2D eigenvalue weighted by Gasteiger charge is -2.21. The van der Waals surface area contributed by atoms with Gasteiger partial charge in [-0.15, -0.1) is 0 Å². The van der Waals surface area contributed by atoms with Crippen molar-refractivity contribution in [2.45, 2.75) is 32.1 Å². The second-order valence-corrected chi connectivity index (χ2v) is 3.58. The molecule has 0 spiro atoms. The van der Waals surface area contributed by atoms with Crippen LogP contribution in [-0.4, -0.2) is 29.8 Å². The SMILES string of the molecule is CC1(C)OC(=O)N[C@H](CC(N)=O)C(=O)O1. The average molecular weight is 216 g/mol. The molecule has 1 aliphatic heterocycles. The summed E-state index contributed by atoms with van der Waals surface area (Å²) in [6.07, 6.45) is -1.14. The molecule has 3 N–H and O–H groups in total. The first kappa shape index (κ1) is 11.3. The van der Waals surface area contributed by atoms with Crippen LogP contribution in [0.2, 0.25) is 0 Å². The summed E-state index contributed by atoms with van der Waals surface area (Å²) >= 11 is 0. The van der Waals surface area contributed by atoms with Gasteiger partial charge in [0.2, 0.25) is 5.91 Å². The number of nitrogens with one attached hydrogen (secondary N) is 1.